The number of esters is 1. The highest BCUT2D eigenvalue weighted by Gasteiger charge is 2.27. The Hall–Kier alpha value is -3.33. The number of benzene rings is 1. The molecule has 6 nitrogen and oxygen atoms in total. The largest absolute Gasteiger partial charge is 0.462 e. The van der Waals surface area contributed by atoms with Gasteiger partial charge < -0.3 is 14.6 Å². The number of nitriles is 1. The number of H-pyrrole nitrogens is 1. The molecule has 0 fully saturated rings. The topological polar surface area (TPSA) is 86.2 Å². The van der Waals surface area contributed by atoms with Crippen molar-refractivity contribution in [3.05, 3.63) is 57.9 Å². The van der Waals surface area contributed by atoms with Crippen LogP contribution in [0.2, 0.25) is 0 Å². The number of aryl methyl sites for hydroxylation is 2. The Balaban J connectivity index is 2.46. The minimum Gasteiger partial charge on any atom is -0.462 e. The third-order valence-electron chi connectivity index (χ3n) is 4.17. The van der Waals surface area contributed by atoms with E-state index in [2.05, 4.69) is 4.98 Å². The van der Waals surface area contributed by atoms with Crippen LogP contribution >= 0.6 is 0 Å². The Morgan fingerprint density at radius 2 is 1.74 bits per heavy atom. The number of Topliss-reactive ketones (excluding diaryl/α,β-unsaturated/α-hetero) is 1. The molecule has 0 aliphatic carbocycles. The van der Waals surface area contributed by atoms with Gasteiger partial charge in [0, 0.05) is 31.2 Å². The fraction of sp³-hybridized carbons (Fsp3) is 0.286. The van der Waals surface area contributed by atoms with E-state index in [0.29, 0.717) is 11.4 Å². The number of ketones is 1. The fourth-order valence-corrected chi connectivity index (χ4v) is 2.84. The molecule has 2 aromatic rings. The third kappa shape index (κ3) is 4.26. The van der Waals surface area contributed by atoms with Gasteiger partial charge in [-0.2, -0.15) is 5.26 Å². The summed E-state index contributed by atoms with van der Waals surface area (Å²) in [5.74, 6) is -1.07. The molecule has 0 amide bonds. The number of allylic oxidation sites excluding steroid dienone is 1. The molecule has 0 unspecified atom stereocenters. The van der Waals surface area contributed by atoms with E-state index in [1.54, 1.807) is 20.8 Å². The third-order valence-corrected chi connectivity index (χ3v) is 4.17. The molecule has 2 rings (SSSR count). The zero-order valence-electron chi connectivity index (χ0n) is 16.2. The summed E-state index contributed by atoms with van der Waals surface area (Å²) < 4.78 is 5.06. The van der Waals surface area contributed by atoms with Crippen molar-refractivity contribution in [3.63, 3.8) is 0 Å². The van der Waals surface area contributed by atoms with Crippen molar-refractivity contribution in [3.8, 4) is 6.07 Å². The zero-order valence-corrected chi connectivity index (χ0v) is 16.2. The normalized spacial score (nSPS) is 11.0. The Morgan fingerprint density at radius 3 is 2.26 bits per heavy atom. The predicted octanol–water partition coefficient (Wildman–Crippen LogP) is 3.66. The van der Waals surface area contributed by atoms with Gasteiger partial charge in [-0.25, -0.2) is 4.79 Å². The van der Waals surface area contributed by atoms with Gasteiger partial charge in [0.1, 0.15) is 11.6 Å². The van der Waals surface area contributed by atoms with Crippen LogP contribution in [0, 0.1) is 25.2 Å². The van der Waals surface area contributed by atoms with Crippen molar-refractivity contribution in [2.24, 2.45) is 0 Å². The van der Waals surface area contributed by atoms with Crippen LogP contribution in [0.1, 0.15) is 44.6 Å². The first-order chi connectivity index (χ1) is 12.8. The monoisotopic (exact) mass is 365 g/mol. The van der Waals surface area contributed by atoms with E-state index < -0.39 is 11.8 Å². The standard InChI is InChI=1S/C21H23N3O3/c1-6-27-21(26)19-14(3)23-13(2)18(19)20(25)16(12-22)11-15-7-9-17(10-8-15)24(4)5/h7-11,23H,6H2,1-5H3/b16-11+. The molecule has 1 heterocycles. The van der Waals surface area contributed by atoms with Gasteiger partial charge in [-0.3, -0.25) is 4.79 Å². The molecule has 1 N–H and O–H groups in total. The molecule has 0 atom stereocenters. The van der Waals surface area contributed by atoms with E-state index in [-0.39, 0.29) is 23.3 Å². The molecule has 140 valence electrons. The molecule has 1 aromatic carbocycles. The summed E-state index contributed by atoms with van der Waals surface area (Å²) in [6, 6.07) is 9.43. The summed E-state index contributed by atoms with van der Waals surface area (Å²) in [4.78, 5) is 30.2. The highest BCUT2D eigenvalue weighted by atomic mass is 16.5. The number of ether oxygens (including phenoxy) is 1. The predicted molar refractivity (Wildman–Crippen MR) is 105 cm³/mol. The second-order valence-corrected chi connectivity index (χ2v) is 6.33. The van der Waals surface area contributed by atoms with E-state index in [4.69, 9.17) is 4.74 Å². The van der Waals surface area contributed by atoms with E-state index in [1.165, 1.54) is 6.08 Å². The highest BCUT2D eigenvalue weighted by Crippen LogP contribution is 2.24. The molecule has 6 heteroatoms. The molecule has 0 aliphatic heterocycles. The number of anilines is 1. The minimum atomic E-state index is -0.574. The second-order valence-electron chi connectivity index (χ2n) is 6.33. The molecular weight excluding hydrogens is 342 g/mol. The van der Waals surface area contributed by atoms with Crippen LogP contribution in [0.4, 0.5) is 5.69 Å². The van der Waals surface area contributed by atoms with Crippen molar-refractivity contribution < 1.29 is 14.3 Å². The average molecular weight is 365 g/mol. The first-order valence-corrected chi connectivity index (χ1v) is 8.60. The Bertz CT molecular complexity index is 929. The van der Waals surface area contributed by atoms with Gasteiger partial charge in [-0.05, 0) is 44.5 Å². The summed E-state index contributed by atoms with van der Waals surface area (Å²) in [6.07, 6.45) is 1.53. The maximum absolute atomic E-state index is 13.0. The summed E-state index contributed by atoms with van der Waals surface area (Å²) in [6.45, 7) is 5.30. The summed E-state index contributed by atoms with van der Waals surface area (Å²) in [5.41, 5.74) is 3.14. The van der Waals surface area contributed by atoms with Crippen LogP contribution in [-0.4, -0.2) is 37.4 Å². The summed E-state index contributed by atoms with van der Waals surface area (Å²) in [7, 11) is 3.87. The van der Waals surface area contributed by atoms with Crippen LogP contribution in [-0.2, 0) is 4.74 Å². The molecule has 0 bridgehead atoms. The number of rotatable bonds is 6. The molecular formula is C21H23N3O3. The highest BCUT2D eigenvalue weighted by molar-refractivity contribution is 6.19. The Kier molecular flexibility index (Phi) is 6.19. The lowest BCUT2D eigenvalue weighted by Gasteiger charge is -2.12. The zero-order chi connectivity index (χ0) is 20.1. The van der Waals surface area contributed by atoms with Crippen LogP contribution in [0.25, 0.3) is 6.08 Å². The van der Waals surface area contributed by atoms with Crippen molar-refractivity contribution in [2.45, 2.75) is 20.8 Å². The minimum absolute atomic E-state index is 0.0414. The van der Waals surface area contributed by atoms with Gasteiger partial charge in [0.15, 0.2) is 0 Å². The molecule has 1 aromatic heterocycles. The van der Waals surface area contributed by atoms with Crippen LogP contribution in [0.15, 0.2) is 29.8 Å². The number of hydrogen-bond donors (Lipinski definition) is 1. The summed E-state index contributed by atoms with van der Waals surface area (Å²) in [5, 5.41) is 9.52. The molecule has 0 aliphatic rings. The number of nitrogens with one attached hydrogen (secondary N) is 1. The SMILES string of the molecule is CCOC(=O)c1c(C)[nH]c(C)c1C(=O)/C(C#N)=C/c1ccc(N(C)C)cc1. The Labute approximate surface area is 159 Å². The lowest BCUT2D eigenvalue weighted by Crippen LogP contribution is -2.13. The van der Waals surface area contributed by atoms with Crippen LogP contribution in [0.3, 0.4) is 0 Å². The average Bonchev–Trinajstić information content (AvgIpc) is 2.93. The molecule has 0 radical (unpaired) electrons. The van der Waals surface area contributed by atoms with Gasteiger partial charge in [-0.1, -0.05) is 12.1 Å². The number of aromatic nitrogens is 1. The number of carbonyl (C=O) groups is 2. The smallest absolute Gasteiger partial charge is 0.340 e. The van der Waals surface area contributed by atoms with Gasteiger partial charge in [-0.15, -0.1) is 0 Å². The first-order valence-electron chi connectivity index (χ1n) is 8.60. The van der Waals surface area contributed by atoms with Crippen LogP contribution in [0.5, 0.6) is 0 Å². The fourth-order valence-electron chi connectivity index (χ4n) is 2.84. The van der Waals surface area contributed by atoms with E-state index in [1.807, 2.05) is 49.3 Å². The van der Waals surface area contributed by atoms with Crippen molar-refractivity contribution in [2.75, 3.05) is 25.6 Å². The Morgan fingerprint density at radius 1 is 1.15 bits per heavy atom. The second kappa shape index (κ2) is 8.37. The lowest BCUT2D eigenvalue weighted by molar-refractivity contribution is 0.0523. The number of nitrogens with zero attached hydrogens (tertiary/aromatic N) is 2. The molecule has 0 spiro atoms. The summed E-state index contributed by atoms with van der Waals surface area (Å²) >= 11 is 0. The maximum atomic E-state index is 13.0. The maximum Gasteiger partial charge on any atom is 0.340 e. The van der Waals surface area contributed by atoms with Gasteiger partial charge in [0.25, 0.3) is 0 Å². The quantitative estimate of drug-likeness (QED) is 0.365. The lowest BCUT2D eigenvalue weighted by atomic mass is 9.98. The molecule has 27 heavy (non-hydrogen) atoms. The van der Waals surface area contributed by atoms with Crippen molar-refractivity contribution in [1.29, 1.82) is 5.26 Å². The number of hydrogen-bond acceptors (Lipinski definition) is 5. The molecule has 0 saturated carbocycles. The van der Waals surface area contributed by atoms with Crippen molar-refractivity contribution in [1.82, 2.24) is 4.98 Å². The van der Waals surface area contributed by atoms with E-state index in [0.717, 1.165) is 11.3 Å². The molecule has 0 saturated heterocycles. The van der Waals surface area contributed by atoms with Crippen LogP contribution < -0.4 is 4.90 Å². The first kappa shape index (κ1) is 20.0. The van der Waals surface area contributed by atoms with E-state index >= 15 is 0 Å². The van der Waals surface area contributed by atoms with Crippen molar-refractivity contribution >= 4 is 23.5 Å². The number of carbonyl (C=O) groups excluding carboxylic acids is 2. The van der Waals surface area contributed by atoms with E-state index in [9.17, 15) is 14.9 Å². The number of aromatic amines is 1. The van der Waals surface area contributed by atoms with Gasteiger partial charge in [0.2, 0.25) is 5.78 Å². The van der Waals surface area contributed by atoms with Gasteiger partial charge >= 0.3 is 5.97 Å². The van der Waals surface area contributed by atoms with Gasteiger partial charge in [0.05, 0.1) is 17.7 Å².